The number of aryl methyl sites for hydroxylation is 1. The molecule has 6 rings (SSSR count). The van der Waals surface area contributed by atoms with Crippen LogP contribution in [0.15, 0.2) is 76.8 Å². The second kappa shape index (κ2) is 11.0. The summed E-state index contributed by atoms with van der Waals surface area (Å²) < 4.78 is 53.3. The Balaban J connectivity index is 1.22. The number of rotatable bonds is 10. The van der Waals surface area contributed by atoms with Gasteiger partial charge in [0.05, 0.1) is 18.0 Å². The van der Waals surface area contributed by atoms with Gasteiger partial charge in [0.1, 0.15) is 0 Å². The second-order valence-electron chi connectivity index (χ2n) is 10.3. The standard InChI is InChI=1S/C30H29FN4O5S/c1-20-14-26(22-16-25(31)29(36)34(18-22)17-21-8-11-27-28(15-21)40-19-39-27)33-30(32-20)41(37,38)13-5-12-35(24-9-10-24)23-6-3-2-4-7-23/h2-4,6-8,11,14-16,18,24H,5,9-10,12-13,17,19H2,1H3. The minimum absolute atomic E-state index is 0.0777. The number of benzene rings is 2. The quantitative estimate of drug-likeness (QED) is 0.257. The Hall–Kier alpha value is -4.25. The molecule has 0 radical (unpaired) electrons. The molecule has 9 nitrogen and oxygen atoms in total. The van der Waals surface area contributed by atoms with Crippen LogP contribution in [0.3, 0.4) is 0 Å². The van der Waals surface area contributed by atoms with Crippen molar-refractivity contribution in [3.63, 3.8) is 0 Å². The summed E-state index contributed by atoms with van der Waals surface area (Å²) in [5.74, 6) is 0.0678. The maximum Gasteiger partial charge on any atom is 0.286 e. The normalized spacial score (nSPS) is 14.3. The van der Waals surface area contributed by atoms with Crippen molar-refractivity contribution in [2.45, 2.75) is 43.9 Å². The predicted octanol–water partition coefficient (Wildman–Crippen LogP) is 4.36. The zero-order valence-corrected chi connectivity index (χ0v) is 23.3. The minimum atomic E-state index is -3.82. The highest BCUT2D eigenvalue weighted by molar-refractivity contribution is 7.91. The molecule has 0 unspecified atom stereocenters. The summed E-state index contributed by atoms with van der Waals surface area (Å²) in [7, 11) is -3.82. The molecular weight excluding hydrogens is 547 g/mol. The third kappa shape index (κ3) is 5.95. The number of ether oxygens (including phenoxy) is 2. The molecule has 2 aromatic carbocycles. The molecule has 1 aliphatic heterocycles. The predicted molar refractivity (Wildman–Crippen MR) is 152 cm³/mol. The molecule has 0 bridgehead atoms. The summed E-state index contributed by atoms with van der Waals surface area (Å²) in [6.07, 6.45) is 4.08. The first-order valence-electron chi connectivity index (χ1n) is 13.5. The molecule has 0 atom stereocenters. The first-order valence-corrected chi connectivity index (χ1v) is 15.1. The molecule has 0 N–H and O–H groups in total. The summed E-state index contributed by atoms with van der Waals surface area (Å²) in [6.45, 7) is 2.46. The molecule has 2 aliphatic rings. The van der Waals surface area contributed by atoms with E-state index in [1.807, 2.05) is 30.3 Å². The van der Waals surface area contributed by atoms with E-state index in [0.29, 0.717) is 41.8 Å². The monoisotopic (exact) mass is 576 g/mol. The van der Waals surface area contributed by atoms with Crippen LogP contribution in [0.2, 0.25) is 0 Å². The van der Waals surface area contributed by atoms with Crippen LogP contribution in [-0.2, 0) is 16.4 Å². The van der Waals surface area contributed by atoms with Crippen molar-refractivity contribution in [3.8, 4) is 22.8 Å². The fourth-order valence-electron chi connectivity index (χ4n) is 4.97. The highest BCUT2D eigenvalue weighted by Crippen LogP contribution is 2.33. The van der Waals surface area contributed by atoms with Crippen molar-refractivity contribution in [2.75, 3.05) is 24.0 Å². The number of para-hydroxylation sites is 1. The van der Waals surface area contributed by atoms with E-state index in [1.54, 1.807) is 31.2 Å². The summed E-state index contributed by atoms with van der Waals surface area (Å²) in [5, 5.41) is -0.306. The fourth-order valence-corrected chi connectivity index (χ4v) is 6.18. The van der Waals surface area contributed by atoms with E-state index in [9.17, 15) is 17.6 Å². The summed E-state index contributed by atoms with van der Waals surface area (Å²) >= 11 is 0. The Morgan fingerprint density at radius 3 is 2.59 bits per heavy atom. The van der Waals surface area contributed by atoms with Crippen molar-refractivity contribution >= 4 is 15.5 Å². The Labute approximate surface area is 237 Å². The lowest BCUT2D eigenvalue weighted by atomic mass is 10.1. The highest BCUT2D eigenvalue weighted by atomic mass is 32.2. The topological polar surface area (TPSA) is 104 Å². The molecule has 11 heteroatoms. The summed E-state index contributed by atoms with van der Waals surface area (Å²) in [5.41, 5.74) is 1.91. The molecule has 1 fully saturated rings. The zero-order valence-electron chi connectivity index (χ0n) is 22.5. The van der Waals surface area contributed by atoms with E-state index in [1.165, 1.54) is 10.8 Å². The largest absolute Gasteiger partial charge is 0.454 e. The van der Waals surface area contributed by atoms with Gasteiger partial charge in [-0.3, -0.25) is 4.79 Å². The van der Waals surface area contributed by atoms with Crippen LogP contribution in [0.4, 0.5) is 10.1 Å². The Morgan fingerprint density at radius 2 is 1.80 bits per heavy atom. The van der Waals surface area contributed by atoms with E-state index in [0.717, 1.165) is 24.6 Å². The number of sulfone groups is 1. The van der Waals surface area contributed by atoms with E-state index in [2.05, 4.69) is 14.9 Å². The van der Waals surface area contributed by atoms with Crippen molar-refractivity contribution in [2.24, 2.45) is 0 Å². The minimum Gasteiger partial charge on any atom is -0.454 e. The van der Waals surface area contributed by atoms with Gasteiger partial charge in [-0.2, -0.15) is 0 Å². The van der Waals surface area contributed by atoms with Crippen molar-refractivity contribution in [1.82, 2.24) is 14.5 Å². The third-order valence-electron chi connectivity index (χ3n) is 7.13. The number of hydrogen-bond acceptors (Lipinski definition) is 8. The molecule has 0 saturated heterocycles. The summed E-state index contributed by atoms with van der Waals surface area (Å²) in [4.78, 5) is 23.4. The number of anilines is 1. The molecule has 1 saturated carbocycles. The van der Waals surface area contributed by atoms with Gasteiger partial charge >= 0.3 is 0 Å². The molecule has 41 heavy (non-hydrogen) atoms. The zero-order chi connectivity index (χ0) is 28.6. The van der Waals surface area contributed by atoms with Gasteiger partial charge in [0.25, 0.3) is 5.56 Å². The Bertz CT molecular complexity index is 1760. The maximum absolute atomic E-state index is 14.8. The average molecular weight is 577 g/mol. The first-order chi connectivity index (χ1) is 19.8. The third-order valence-corrected chi connectivity index (χ3v) is 8.69. The molecule has 0 amide bonds. The summed E-state index contributed by atoms with van der Waals surface area (Å²) in [6, 6.07) is 18.3. The van der Waals surface area contributed by atoms with Crippen LogP contribution < -0.4 is 19.9 Å². The van der Waals surface area contributed by atoms with Crippen molar-refractivity contribution in [1.29, 1.82) is 0 Å². The number of fused-ring (bicyclic) bond motifs is 1. The maximum atomic E-state index is 14.8. The number of hydrogen-bond donors (Lipinski definition) is 0. The smallest absolute Gasteiger partial charge is 0.286 e. The molecule has 1 aliphatic carbocycles. The van der Waals surface area contributed by atoms with Crippen LogP contribution >= 0.6 is 0 Å². The van der Waals surface area contributed by atoms with Crippen LogP contribution in [0.25, 0.3) is 11.3 Å². The highest BCUT2D eigenvalue weighted by Gasteiger charge is 2.29. The van der Waals surface area contributed by atoms with E-state index < -0.39 is 21.2 Å². The molecule has 4 aromatic rings. The Kier molecular flexibility index (Phi) is 7.21. The molecule has 212 valence electrons. The molecule has 3 heterocycles. The number of pyridine rings is 1. The van der Waals surface area contributed by atoms with E-state index >= 15 is 0 Å². The number of aromatic nitrogens is 3. The van der Waals surface area contributed by atoms with Gasteiger partial charge in [0.15, 0.2) is 17.3 Å². The SMILES string of the molecule is Cc1cc(-c2cc(F)c(=O)n(Cc3ccc4c(c3)OCO4)c2)nc(S(=O)(=O)CCCN(c2ccccc2)C2CC2)n1. The van der Waals surface area contributed by atoms with Crippen LogP contribution in [0.5, 0.6) is 11.5 Å². The van der Waals surface area contributed by atoms with Gasteiger partial charge < -0.3 is 18.9 Å². The van der Waals surface area contributed by atoms with Crippen LogP contribution in [0.1, 0.15) is 30.5 Å². The van der Waals surface area contributed by atoms with Crippen molar-refractivity contribution < 1.29 is 22.3 Å². The van der Waals surface area contributed by atoms with Gasteiger partial charge in [0, 0.05) is 35.7 Å². The molecule has 2 aromatic heterocycles. The molecular formula is C30H29FN4O5S. The van der Waals surface area contributed by atoms with E-state index in [4.69, 9.17) is 9.47 Å². The van der Waals surface area contributed by atoms with Crippen molar-refractivity contribution in [3.05, 3.63) is 94.3 Å². The van der Waals surface area contributed by atoms with Gasteiger partial charge in [-0.15, -0.1) is 0 Å². The second-order valence-corrected chi connectivity index (χ2v) is 12.3. The average Bonchev–Trinajstić information content (AvgIpc) is 3.69. The van der Waals surface area contributed by atoms with E-state index in [-0.39, 0.29) is 35.5 Å². The first kappa shape index (κ1) is 26.9. The molecule has 0 spiro atoms. The lowest BCUT2D eigenvalue weighted by molar-refractivity contribution is 0.174. The van der Waals surface area contributed by atoms with Gasteiger partial charge in [-0.25, -0.2) is 22.8 Å². The van der Waals surface area contributed by atoms with Gasteiger partial charge in [0.2, 0.25) is 21.8 Å². The lowest BCUT2D eigenvalue weighted by Gasteiger charge is -2.24. The number of nitrogens with zero attached hydrogens (tertiary/aromatic N) is 4. The van der Waals surface area contributed by atoms with Crippen LogP contribution in [0, 0.1) is 12.7 Å². The Morgan fingerprint density at radius 1 is 1.02 bits per heavy atom. The van der Waals surface area contributed by atoms with Crippen LogP contribution in [-0.4, -0.2) is 48.1 Å². The fraction of sp³-hybridized carbons (Fsp3) is 0.300. The van der Waals surface area contributed by atoms with Gasteiger partial charge in [-0.1, -0.05) is 24.3 Å². The van der Waals surface area contributed by atoms with Gasteiger partial charge in [-0.05, 0) is 68.1 Å². The lowest BCUT2D eigenvalue weighted by Crippen LogP contribution is -2.28. The number of halogens is 1.